The van der Waals surface area contributed by atoms with Gasteiger partial charge in [0, 0.05) is 0 Å². The molecule has 1 aromatic carbocycles. The third-order valence-corrected chi connectivity index (χ3v) is 2.80. The molecule has 0 radical (unpaired) electrons. The lowest BCUT2D eigenvalue weighted by Crippen LogP contribution is -2.25. The monoisotopic (exact) mass is 229 g/mol. The predicted octanol–water partition coefficient (Wildman–Crippen LogP) is 1.05. The summed E-state index contributed by atoms with van der Waals surface area (Å²) in [7, 11) is 0. The lowest BCUT2D eigenvalue weighted by molar-refractivity contribution is -0.120. The lowest BCUT2D eigenvalue weighted by Gasteiger charge is -2.17. The molecule has 1 heterocycles. The van der Waals surface area contributed by atoms with Crippen LogP contribution in [0.1, 0.15) is 16.7 Å². The van der Waals surface area contributed by atoms with Crippen molar-refractivity contribution < 1.29 is 9.53 Å². The minimum atomic E-state index is -0.0324. The van der Waals surface area contributed by atoms with Crippen molar-refractivity contribution in [2.24, 2.45) is 0 Å². The van der Waals surface area contributed by atoms with Crippen molar-refractivity contribution in [3.05, 3.63) is 34.9 Å². The van der Waals surface area contributed by atoms with Gasteiger partial charge in [0.1, 0.15) is 0 Å². The topological polar surface area (TPSA) is 38.3 Å². The molecule has 1 amide bonds. The molecule has 88 valence electrons. The molecule has 0 atom stereocenters. The fourth-order valence-electron chi connectivity index (χ4n) is 1.92. The Labute approximate surface area is 101 Å². The van der Waals surface area contributed by atoms with Crippen LogP contribution in [-0.4, -0.2) is 19.1 Å². The molecule has 0 aromatic heterocycles. The Morgan fingerprint density at radius 1 is 1.47 bits per heavy atom. The molecule has 0 fully saturated rings. The summed E-state index contributed by atoms with van der Waals surface area (Å²) in [5.41, 5.74) is 3.54. The van der Waals surface area contributed by atoms with Gasteiger partial charge in [-0.3, -0.25) is 4.79 Å². The smallest absolute Gasteiger partial charge is 0.225 e. The first-order chi connectivity index (χ1) is 8.29. The molecular formula is C14H15NO2. The van der Waals surface area contributed by atoms with E-state index >= 15 is 0 Å². The molecule has 2 rings (SSSR count). The van der Waals surface area contributed by atoms with Gasteiger partial charge in [-0.1, -0.05) is 24.1 Å². The minimum absolute atomic E-state index is 0.0324. The third kappa shape index (κ3) is 3.08. The van der Waals surface area contributed by atoms with E-state index in [-0.39, 0.29) is 12.5 Å². The Balaban J connectivity index is 2.02. The molecule has 17 heavy (non-hydrogen) atoms. The summed E-state index contributed by atoms with van der Waals surface area (Å²) >= 11 is 0. The maximum absolute atomic E-state index is 11.5. The molecule has 1 aliphatic rings. The van der Waals surface area contributed by atoms with Crippen molar-refractivity contribution in [3.8, 4) is 12.3 Å². The summed E-state index contributed by atoms with van der Waals surface area (Å²) in [5.74, 6) is 2.35. The van der Waals surface area contributed by atoms with Gasteiger partial charge in [0.05, 0.1) is 26.2 Å². The zero-order valence-corrected chi connectivity index (χ0v) is 9.66. The number of nitrogens with one attached hydrogen (secondary N) is 1. The summed E-state index contributed by atoms with van der Waals surface area (Å²) in [6.07, 6.45) is 6.39. The zero-order valence-electron chi connectivity index (χ0n) is 9.66. The molecule has 1 N–H and O–H groups in total. The fraction of sp³-hybridized carbons (Fsp3) is 0.357. The van der Waals surface area contributed by atoms with Crippen molar-refractivity contribution >= 4 is 5.91 Å². The normalized spacial score (nSPS) is 13.6. The van der Waals surface area contributed by atoms with Crippen LogP contribution in [0.4, 0.5) is 0 Å². The van der Waals surface area contributed by atoms with E-state index in [9.17, 15) is 4.79 Å². The Bertz CT molecular complexity index is 460. The molecule has 0 saturated heterocycles. The van der Waals surface area contributed by atoms with Crippen molar-refractivity contribution in [1.29, 1.82) is 0 Å². The molecule has 0 saturated carbocycles. The Morgan fingerprint density at radius 3 is 3.18 bits per heavy atom. The van der Waals surface area contributed by atoms with Crippen LogP contribution >= 0.6 is 0 Å². The first kappa shape index (κ1) is 11.7. The van der Waals surface area contributed by atoms with Crippen molar-refractivity contribution in [2.75, 3.05) is 13.2 Å². The minimum Gasteiger partial charge on any atom is -0.376 e. The fourth-order valence-corrected chi connectivity index (χ4v) is 1.92. The van der Waals surface area contributed by atoms with Gasteiger partial charge in [-0.25, -0.2) is 0 Å². The van der Waals surface area contributed by atoms with Crippen molar-refractivity contribution in [1.82, 2.24) is 5.32 Å². The van der Waals surface area contributed by atoms with Gasteiger partial charge in [0.15, 0.2) is 0 Å². The highest BCUT2D eigenvalue weighted by molar-refractivity contribution is 5.78. The largest absolute Gasteiger partial charge is 0.376 e. The lowest BCUT2D eigenvalue weighted by atomic mass is 9.99. The first-order valence-corrected chi connectivity index (χ1v) is 5.68. The second-order valence-electron chi connectivity index (χ2n) is 4.06. The number of rotatable bonds is 3. The highest BCUT2D eigenvalue weighted by Gasteiger charge is 2.10. The van der Waals surface area contributed by atoms with Crippen LogP contribution in [0.3, 0.4) is 0 Å². The number of benzene rings is 1. The number of terminal acetylenes is 1. The van der Waals surface area contributed by atoms with Crippen LogP contribution in [-0.2, 0) is 29.0 Å². The van der Waals surface area contributed by atoms with Gasteiger partial charge >= 0.3 is 0 Å². The molecule has 0 aliphatic carbocycles. The number of amides is 1. The van der Waals surface area contributed by atoms with Gasteiger partial charge < -0.3 is 10.1 Å². The highest BCUT2D eigenvalue weighted by Crippen LogP contribution is 2.18. The Morgan fingerprint density at radius 2 is 2.35 bits per heavy atom. The molecule has 3 nitrogen and oxygen atoms in total. The third-order valence-electron chi connectivity index (χ3n) is 2.80. The summed E-state index contributed by atoms with van der Waals surface area (Å²) in [6.45, 7) is 1.73. The summed E-state index contributed by atoms with van der Waals surface area (Å²) < 4.78 is 5.37. The zero-order chi connectivity index (χ0) is 12.1. The summed E-state index contributed by atoms with van der Waals surface area (Å²) in [6, 6.07) is 6.11. The summed E-state index contributed by atoms with van der Waals surface area (Å²) in [5, 5.41) is 2.66. The van der Waals surface area contributed by atoms with Crippen LogP contribution < -0.4 is 5.32 Å². The van der Waals surface area contributed by atoms with Gasteiger partial charge in [0.25, 0.3) is 0 Å². The maximum Gasteiger partial charge on any atom is 0.225 e. The molecule has 0 unspecified atom stereocenters. The first-order valence-electron chi connectivity index (χ1n) is 5.68. The van der Waals surface area contributed by atoms with Gasteiger partial charge in [-0.2, -0.15) is 0 Å². The van der Waals surface area contributed by atoms with Gasteiger partial charge in [-0.05, 0) is 23.1 Å². The Kier molecular flexibility index (Phi) is 3.79. The van der Waals surface area contributed by atoms with E-state index in [0.717, 1.165) is 18.6 Å². The number of ether oxygens (including phenoxy) is 1. The Hall–Kier alpha value is -1.79. The number of carbonyl (C=O) groups is 1. The van der Waals surface area contributed by atoms with E-state index in [1.165, 1.54) is 11.1 Å². The quantitative estimate of drug-likeness (QED) is 0.787. The molecular weight excluding hydrogens is 214 g/mol. The van der Waals surface area contributed by atoms with E-state index in [1.54, 1.807) is 0 Å². The van der Waals surface area contributed by atoms with Crippen molar-refractivity contribution in [2.45, 2.75) is 19.4 Å². The summed E-state index contributed by atoms with van der Waals surface area (Å²) in [4.78, 5) is 11.5. The molecule has 3 heteroatoms. The molecule has 0 spiro atoms. The van der Waals surface area contributed by atoms with Crippen LogP contribution in [0.2, 0.25) is 0 Å². The van der Waals surface area contributed by atoms with Crippen LogP contribution in [0, 0.1) is 12.3 Å². The second kappa shape index (κ2) is 5.51. The average Bonchev–Trinajstić information content (AvgIpc) is 2.36. The van der Waals surface area contributed by atoms with E-state index in [4.69, 9.17) is 11.2 Å². The van der Waals surface area contributed by atoms with Crippen LogP contribution in [0.15, 0.2) is 18.2 Å². The molecule has 0 bridgehead atoms. The van der Waals surface area contributed by atoms with E-state index in [1.807, 2.05) is 12.1 Å². The highest BCUT2D eigenvalue weighted by atomic mass is 16.5. The SMILES string of the molecule is C#CCNC(=O)Cc1ccc2c(c1)CCOC2. The van der Waals surface area contributed by atoms with Crippen molar-refractivity contribution in [3.63, 3.8) is 0 Å². The molecule has 1 aromatic rings. The van der Waals surface area contributed by atoms with E-state index < -0.39 is 0 Å². The number of fused-ring (bicyclic) bond motifs is 1. The van der Waals surface area contributed by atoms with Crippen LogP contribution in [0.5, 0.6) is 0 Å². The standard InChI is InChI=1S/C14H15NO2/c1-2-6-15-14(16)9-11-3-4-13-10-17-7-5-12(13)8-11/h1,3-4,8H,5-7,9-10H2,(H,15,16). The second-order valence-corrected chi connectivity index (χ2v) is 4.06. The van der Waals surface area contributed by atoms with Crippen LogP contribution in [0.25, 0.3) is 0 Å². The molecule has 1 aliphatic heterocycles. The average molecular weight is 229 g/mol. The predicted molar refractivity (Wildman–Crippen MR) is 65.3 cm³/mol. The van der Waals surface area contributed by atoms with Gasteiger partial charge in [-0.15, -0.1) is 6.42 Å². The maximum atomic E-state index is 11.5. The van der Waals surface area contributed by atoms with E-state index in [0.29, 0.717) is 13.0 Å². The number of carbonyl (C=O) groups excluding carboxylic acids is 1. The number of hydrogen-bond acceptors (Lipinski definition) is 2. The van der Waals surface area contributed by atoms with E-state index in [2.05, 4.69) is 17.3 Å². The number of hydrogen-bond donors (Lipinski definition) is 1. The van der Waals surface area contributed by atoms with Gasteiger partial charge in [0.2, 0.25) is 5.91 Å².